The number of alkyl halides is 3. The first kappa shape index (κ1) is 18.9. The molecule has 0 unspecified atom stereocenters. The third-order valence-electron chi connectivity index (χ3n) is 3.40. The third kappa shape index (κ3) is 5.82. The summed E-state index contributed by atoms with van der Waals surface area (Å²) in [5.41, 5.74) is 5.30. The number of para-hydroxylation sites is 1. The van der Waals surface area contributed by atoms with Gasteiger partial charge in [0.2, 0.25) is 0 Å². The summed E-state index contributed by atoms with van der Waals surface area (Å²) < 4.78 is 43.8. The van der Waals surface area contributed by atoms with Gasteiger partial charge in [-0.15, -0.1) is 0 Å². The quantitative estimate of drug-likeness (QED) is 0.535. The minimum Gasteiger partial charge on any atom is -0.497 e. The van der Waals surface area contributed by atoms with E-state index < -0.39 is 11.7 Å². The second kappa shape index (κ2) is 8.57. The van der Waals surface area contributed by atoms with Crippen LogP contribution in [0.4, 0.5) is 18.9 Å². The Hall–Kier alpha value is -2.48. The number of hydrogen-bond acceptors (Lipinski definition) is 3. The van der Waals surface area contributed by atoms with Crippen molar-refractivity contribution in [2.24, 2.45) is 0 Å². The summed E-state index contributed by atoms with van der Waals surface area (Å²) in [6.07, 6.45) is -3.72. The Morgan fingerprint density at radius 1 is 1.08 bits per heavy atom. The number of thiocarbonyl (C=S) groups is 1. The number of benzene rings is 2. The van der Waals surface area contributed by atoms with Crippen LogP contribution in [0.15, 0.2) is 48.5 Å². The van der Waals surface area contributed by atoms with Crippen LogP contribution in [-0.2, 0) is 12.6 Å². The Labute approximate surface area is 149 Å². The van der Waals surface area contributed by atoms with Crippen LogP contribution in [0.3, 0.4) is 0 Å². The first-order valence-corrected chi connectivity index (χ1v) is 7.90. The molecule has 0 aliphatic heterocycles. The molecule has 0 heterocycles. The Balaban J connectivity index is 1.79. The van der Waals surface area contributed by atoms with Crippen LogP contribution in [0.2, 0.25) is 0 Å². The summed E-state index contributed by atoms with van der Waals surface area (Å²) in [5, 5.41) is 3.15. The maximum absolute atomic E-state index is 12.9. The van der Waals surface area contributed by atoms with Crippen molar-refractivity contribution in [3.8, 4) is 5.75 Å². The molecule has 0 aliphatic rings. The smallest absolute Gasteiger partial charge is 0.418 e. The molecule has 0 fully saturated rings. The van der Waals surface area contributed by atoms with Gasteiger partial charge in [-0.3, -0.25) is 10.9 Å². The van der Waals surface area contributed by atoms with Crippen LogP contribution < -0.4 is 20.9 Å². The molecular formula is C17H18F3N3OS. The average Bonchev–Trinajstić information content (AvgIpc) is 2.60. The standard InChI is InChI=1S/C17H18F3N3OS/c1-24-13-8-6-12(7-9-13)10-11-21-16(25)23-22-15-5-3-2-4-14(15)17(18,19)20/h2-9,22H,10-11H2,1H3,(H2,21,23,25). The fourth-order valence-corrected chi connectivity index (χ4v) is 2.27. The first-order chi connectivity index (χ1) is 11.9. The van der Waals surface area contributed by atoms with E-state index in [-0.39, 0.29) is 10.8 Å². The van der Waals surface area contributed by atoms with E-state index in [2.05, 4.69) is 16.2 Å². The van der Waals surface area contributed by atoms with Crippen molar-refractivity contribution in [2.45, 2.75) is 12.6 Å². The van der Waals surface area contributed by atoms with Gasteiger partial charge in [0.1, 0.15) is 5.75 Å². The molecule has 0 aliphatic carbocycles. The van der Waals surface area contributed by atoms with Crippen LogP contribution in [0, 0.1) is 0 Å². The van der Waals surface area contributed by atoms with Gasteiger partial charge in [0.25, 0.3) is 0 Å². The molecule has 3 N–H and O–H groups in total. The van der Waals surface area contributed by atoms with Crippen LogP contribution >= 0.6 is 12.2 Å². The third-order valence-corrected chi connectivity index (χ3v) is 3.65. The lowest BCUT2D eigenvalue weighted by Crippen LogP contribution is -2.40. The normalized spacial score (nSPS) is 10.9. The van der Waals surface area contributed by atoms with E-state index in [1.807, 2.05) is 24.3 Å². The highest BCUT2D eigenvalue weighted by Crippen LogP contribution is 2.34. The number of halogens is 3. The zero-order valence-electron chi connectivity index (χ0n) is 13.5. The molecule has 0 saturated heterocycles. The van der Waals surface area contributed by atoms with Crippen molar-refractivity contribution in [2.75, 3.05) is 19.1 Å². The maximum atomic E-state index is 12.9. The number of hydrogen-bond donors (Lipinski definition) is 3. The molecular weight excluding hydrogens is 351 g/mol. The molecule has 0 saturated carbocycles. The summed E-state index contributed by atoms with van der Waals surface area (Å²) in [7, 11) is 1.60. The van der Waals surface area contributed by atoms with E-state index in [0.717, 1.165) is 17.4 Å². The van der Waals surface area contributed by atoms with Crippen molar-refractivity contribution in [1.29, 1.82) is 0 Å². The van der Waals surface area contributed by atoms with Gasteiger partial charge in [-0.2, -0.15) is 13.2 Å². The molecule has 2 aromatic carbocycles. The topological polar surface area (TPSA) is 45.3 Å². The number of ether oxygens (including phenoxy) is 1. The second-order valence-electron chi connectivity index (χ2n) is 5.15. The molecule has 8 heteroatoms. The Bertz CT molecular complexity index is 705. The summed E-state index contributed by atoms with van der Waals surface area (Å²) in [6.45, 7) is 0.542. The Morgan fingerprint density at radius 3 is 2.40 bits per heavy atom. The monoisotopic (exact) mass is 369 g/mol. The maximum Gasteiger partial charge on any atom is 0.418 e. The highest BCUT2D eigenvalue weighted by Gasteiger charge is 2.33. The highest BCUT2D eigenvalue weighted by molar-refractivity contribution is 7.80. The zero-order valence-corrected chi connectivity index (χ0v) is 14.3. The van der Waals surface area contributed by atoms with E-state index in [1.165, 1.54) is 18.2 Å². The van der Waals surface area contributed by atoms with E-state index in [1.54, 1.807) is 7.11 Å². The molecule has 25 heavy (non-hydrogen) atoms. The van der Waals surface area contributed by atoms with Gasteiger partial charge in [-0.1, -0.05) is 24.3 Å². The number of methoxy groups -OCH3 is 1. The number of rotatable bonds is 6. The second-order valence-corrected chi connectivity index (χ2v) is 5.56. The predicted octanol–water partition coefficient (Wildman–Crippen LogP) is 3.75. The van der Waals surface area contributed by atoms with Crippen molar-refractivity contribution in [3.05, 3.63) is 59.7 Å². The SMILES string of the molecule is COc1ccc(CCNC(=S)NNc2ccccc2C(F)(F)F)cc1. The minimum absolute atomic E-state index is 0.0886. The average molecular weight is 369 g/mol. The van der Waals surface area contributed by atoms with Gasteiger partial charge in [-0.25, -0.2) is 0 Å². The fourth-order valence-electron chi connectivity index (χ4n) is 2.12. The first-order valence-electron chi connectivity index (χ1n) is 7.49. The van der Waals surface area contributed by atoms with E-state index in [4.69, 9.17) is 17.0 Å². The van der Waals surface area contributed by atoms with Gasteiger partial charge >= 0.3 is 6.18 Å². The van der Waals surface area contributed by atoms with E-state index >= 15 is 0 Å². The molecule has 4 nitrogen and oxygen atoms in total. The number of nitrogens with one attached hydrogen (secondary N) is 3. The molecule has 2 aromatic rings. The van der Waals surface area contributed by atoms with Gasteiger partial charge < -0.3 is 10.1 Å². The molecule has 0 atom stereocenters. The lowest BCUT2D eigenvalue weighted by atomic mass is 10.1. The molecule has 0 aromatic heterocycles. The summed E-state index contributed by atoms with van der Waals surface area (Å²) in [4.78, 5) is 0. The molecule has 134 valence electrons. The van der Waals surface area contributed by atoms with E-state index in [0.29, 0.717) is 13.0 Å². The van der Waals surface area contributed by atoms with Gasteiger partial charge in [0.05, 0.1) is 18.4 Å². The van der Waals surface area contributed by atoms with Crippen LogP contribution in [0.5, 0.6) is 5.75 Å². The molecule has 0 bridgehead atoms. The number of anilines is 1. The minimum atomic E-state index is -4.44. The summed E-state index contributed by atoms with van der Waals surface area (Å²) in [5.74, 6) is 0.779. The predicted molar refractivity (Wildman–Crippen MR) is 95.5 cm³/mol. The molecule has 0 radical (unpaired) electrons. The van der Waals surface area contributed by atoms with Crippen LogP contribution in [0.25, 0.3) is 0 Å². The lowest BCUT2D eigenvalue weighted by molar-refractivity contribution is -0.137. The zero-order chi connectivity index (χ0) is 18.3. The molecule has 2 rings (SSSR count). The van der Waals surface area contributed by atoms with Gasteiger partial charge in [0, 0.05) is 6.54 Å². The van der Waals surface area contributed by atoms with Crippen LogP contribution in [0.1, 0.15) is 11.1 Å². The largest absolute Gasteiger partial charge is 0.497 e. The van der Waals surface area contributed by atoms with E-state index in [9.17, 15) is 13.2 Å². The van der Waals surface area contributed by atoms with Gasteiger partial charge in [-0.05, 0) is 48.5 Å². The van der Waals surface area contributed by atoms with Gasteiger partial charge in [0.15, 0.2) is 5.11 Å². The molecule has 0 spiro atoms. The summed E-state index contributed by atoms with van der Waals surface area (Å²) in [6, 6.07) is 12.8. The highest BCUT2D eigenvalue weighted by atomic mass is 32.1. The van der Waals surface area contributed by atoms with Crippen molar-refractivity contribution < 1.29 is 17.9 Å². The Morgan fingerprint density at radius 2 is 1.76 bits per heavy atom. The summed E-state index contributed by atoms with van der Waals surface area (Å²) >= 11 is 5.06. The van der Waals surface area contributed by atoms with Crippen molar-refractivity contribution in [1.82, 2.24) is 10.7 Å². The fraction of sp³-hybridized carbons (Fsp3) is 0.235. The lowest BCUT2D eigenvalue weighted by Gasteiger charge is -2.16. The molecule has 0 amide bonds. The number of hydrazine groups is 1. The van der Waals surface area contributed by atoms with Crippen LogP contribution in [-0.4, -0.2) is 18.8 Å². The Kier molecular flexibility index (Phi) is 6.46. The van der Waals surface area contributed by atoms with Crippen molar-refractivity contribution >= 4 is 23.0 Å². The van der Waals surface area contributed by atoms with Crippen molar-refractivity contribution in [3.63, 3.8) is 0 Å².